The Hall–Kier alpha value is -1.40. The van der Waals surface area contributed by atoms with Crippen molar-refractivity contribution in [3.63, 3.8) is 0 Å². The van der Waals surface area contributed by atoms with Gasteiger partial charge in [0, 0.05) is 25.0 Å². The standard InChI is InChI=1S/C14H22N4OS/c1-6-18(8-14(3,4)19)11-10-7-9(2)20-12(10)17-13(15-5)16-11/h7,19H,6,8H2,1-5H3,(H,15,16,17). The molecule has 2 rings (SSSR count). The molecule has 0 unspecified atom stereocenters. The van der Waals surface area contributed by atoms with Crippen LogP contribution in [0.5, 0.6) is 0 Å². The molecule has 0 spiro atoms. The molecule has 0 aliphatic rings. The molecule has 0 aromatic carbocycles. The van der Waals surface area contributed by atoms with Crippen LogP contribution < -0.4 is 10.2 Å². The molecule has 0 fully saturated rings. The van der Waals surface area contributed by atoms with Gasteiger partial charge < -0.3 is 15.3 Å². The number of likely N-dealkylation sites (N-methyl/N-ethyl adjacent to an activating group) is 1. The van der Waals surface area contributed by atoms with E-state index in [1.807, 2.05) is 20.9 Å². The van der Waals surface area contributed by atoms with Crippen LogP contribution in [0.2, 0.25) is 0 Å². The second-order valence-electron chi connectivity index (χ2n) is 5.52. The Labute approximate surface area is 123 Å². The zero-order valence-corrected chi connectivity index (χ0v) is 13.5. The number of nitrogens with one attached hydrogen (secondary N) is 1. The molecule has 2 N–H and O–H groups in total. The van der Waals surface area contributed by atoms with Crippen LogP contribution in [0.4, 0.5) is 11.8 Å². The summed E-state index contributed by atoms with van der Waals surface area (Å²) >= 11 is 1.66. The van der Waals surface area contributed by atoms with Crippen molar-refractivity contribution in [2.45, 2.75) is 33.3 Å². The molecule has 0 saturated heterocycles. The molecule has 2 aromatic rings. The molecule has 0 saturated carbocycles. The number of hydrogen-bond donors (Lipinski definition) is 2. The first-order chi connectivity index (χ1) is 9.34. The van der Waals surface area contributed by atoms with E-state index in [1.165, 1.54) is 4.88 Å². The Bertz CT molecular complexity index is 603. The lowest BCUT2D eigenvalue weighted by Gasteiger charge is -2.29. The van der Waals surface area contributed by atoms with Crippen LogP contribution >= 0.6 is 11.3 Å². The summed E-state index contributed by atoms with van der Waals surface area (Å²) in [5.41, 5.74) is -0.766. The third-order valence-corrected chi connectivity index (χ3v) is 3.92. The van der Waals surface area contributed by atoms with Crippen molar-refractivity contribution in [2.75, 3.05) is 30.4 Å². The molecule has 110 valence electrons. The van der Waals surface area contributed by atoms with Crippen LogP contribution in [0.3, 0.4) is 0 Å². The SMILES string of the molecule is CCN(CC(C)(C)O)c1nc(NC)nc2sc(C)cc12. The molecule has 5 nitrogen and oxygen atoms in total. The van der Waals surface area contributed by atoms with Gasteiger partial charge in [0.25, 0.3) is 0 Å². The van der Waals surface area contributed by atoms with Crippen LogP contribution in [0, 0.1) is 6.92 Å². The maximum absolute atomic E-state index is 10.1. The summed E-state index contributed by atoms with van der Waals surface area (Å²) in [6.45, 7) is 9.08. The van der Waals surface area contributed by atoms with Gasteiger partial charge in [0.2, 0.25) is 5.95 Å². The number of aliphatic hydroxyl groups is 1. The van der Waals surface area contributed by atoms with Crippen molar-refractivity contribution in [1.82, 2.24) is 9.97 Å². The normalized spacial score (nSPS) is 11.9. The third-order valence-electron chi connectivity index (χ3n) is 2.98. The van der Waals surface area contributed by atoms with E-state index < -0.39 is 5.60 Å². The summed E-state index contributed by atoms with van der Waals surface area (Å²) in [5, 5.41) is 14.1. The summed E-state index contributed by atoms with van der Waals surface area (Å²) in [5.74, 6) is 1.50. The summed E-state index contributed by atoms with van der Waals surface area (Å²) in [6, 6.07) is 2.11. The first-order valence-corrected chi connectivity index (χ1v) is 7.59. The van der Waals surface area contributed by atoms with E-state index in [0.717, 1.165) is 22.6 Å². The highest BCUT2D eigenvalue weighted by atomic mass is 32.1. The van der Waals surface area contributed by atoms with Gasteiger partial charge in [0.05, 0.1) is 11.0 Å². The van der Waals surface area contributed by atoms with E-state index in [2.05, 4.69) is 40.1 Å². The zero-order valence-electron chi connectivity index (χ0n) is 12.7. The molecule has 0 radical (unpaired) electrons. The summed E-state index contributed by atoms with van der Waals surface area (Å²) < 4.78 is 0. The first-order valence-electron chi connectivity index (χ1n) is 6.77. The molecule has 0 aliphatic carbocycles. The van der Waals surface area contributed by atoms with Gasteiger partial charge in [0.15, 0.2) is 0 Å². The monoisotopic (exact) mass is 294 g/mol. The van der Waals surface area contributed by atoms with Crippen molar-refractivity contribution in [3.8, 4) is 0 Å². The lowest BCUT2D eigenvalue weighted by Crippen LogP contribution is -2.39. The van der Waals surface area contributed by atoms with Crippen LogP contribution in [-0.2, 0) is 0 Å². The number of aromatic nitrogens is 2. The fourth-order valence-corrected chi connectivity index (χ4v) is 3.06. The topological polar surface area (TPSA) is 61.3 Å². The number of thiophene rings is 1. The van der Waals surface area contributed by atoms with Gasteiger partial charge in [-0.1, -0.05) is 0 Å². The highest BCUT2D eigenvalue weighted by Crippen LogP contribution is 2.32. The van der Waals surface area contributed by atoms with Crippen LogP contribution in [-0.4, -0.2) is 40.8 Å². The van der Waals surface area contributed by atoms with Crippen molar-refractivity contribution in [1.29, 1.82) is 0 Å². The van der Waals surface area contributed by atoms with E-state index in [0.29, 0.717) is 12.5 Å². The zero-order chi connectivity index (χ0) is 14.9. The predicted octanol–water partition coefficient (Wildman–Crippen LogP) is 2.64. The summed E-state index contributed by atoms with van der Waals surface area (Å²) in [7, 11) is 1.82. The Kier molecular flexibility index (Phi) is 4.15. The maximum Gasteiger partial charge on any atom is 0.225 e. The van der Waals surface area contributed by atoms with E-state index in [4.69, 9.17) is 0 Å². The van der Waals surface area contributed by atoms with Gasteiger partial charge in [-0.05, 0) is 33.8 Å². The Morgan fingerprint density at radius 1 is 1.40 bits per heavy atom. The second-order valence-corrected chi connectivity index (χ2v) is 6.76. The van der Waals surface area contributed by atoms with Crippen molar-refractivity contribution < 1.29 is 5.11 Å². The van der Waals surface area contributed by atoms with Crippen LogP contribution in [0.25, 0.3) is 10.2 Å². The van der Waals surface area contributed by atoms with Gasteiger partial charge in [0.1, 0.15) is 10.6 Å². The van der Waals surface area contributed by atoms with Crippen molar-refractivity contribution >= 4 is 33.3 Å². The highest BCUT2D eigenvalue weighted by molar-refractivity contribution is 7.18. The molecule has 2 heterocycles. The molecule has 0 amide bonds. The Morgan fingerprint density at radius 3 is 2.65 bits per heavy atom. The largest absolute Gasteiger partial charge is 0.389 e. The maximum atomic E-state index is 10.1. The van der Waals surface area contributed by atoms with E-state index >= 15 is 0 Å². The van der Waals surface area contributed by atoms with Gasteiger partial charge >= 0.3 is 0 Å². The van der Waals surface area contributed by atoms with Crippen molar-refractivity contribution in [2.24, 2.45) is 0 Å². The lowest BCUT2D eigenvalue weighted by molar-refractivity contribution is 0.0875. The van der Waals surface area contributed by atoms with E-state index in [1.54, 1.807) is 11.3 Å². The lowest BCUT2D eigenvalue weighted by atomic mass is 10.1. The average Bonchev–Trinajstić information content (AvgIpc) is 2.73. The predicted molar refractivity (Wildman–Crippen MR) is 85.9 cm³/mol. The number of fused-ring (bicyclic) bond motifs is 1. The second kappa shape index (κ2) is 5.54. The Balaban J connectivity index is 2.54. The van der Waals surface area contributed by atoms with Gasteiger partial charge in [-0.3, -0.25) is 0 Å². The highest BCUT2D eigenvalue weighted by Gasteiger charge is 2.21. The first kappa shape index (κ1) is 15.0. The summed E-state index contributed by atoms with van der Waals surface area (Å²) in [6.07, 6.45) is 0. The number of aryl methyl sites for hydroxylation is 1. The molecule has 20 heavy (non-hydrogen) atoms. The third kappa shape index (κ3) is 3.19. The molecular formula is C14H22N4OS. The summed E-state index contributed by atoms with van der Waals surface area (Å²) in [4.78, 5) is 13.4. The van der Waals surface area contributed by atoms with Crippen molar-refractivity contribution in [3.05, 3.63) is 10.9 Å². The van der Waals surface area contributed by atoms with Gasteiger partial charge in [-0.15, -0.1) is 11.3 Å². The smallest absolute Gasteiger partial charge is 0.225 e. The average molecular weight is 294 g/mol. The fraction of sp³-hybridized carbons (Fsp3) is 0.571. The Morgan fingerprint density at radius 2 is 2.10 bits per heavy atom. The minimum Gasteiger partial charge on any atom is -0.389 e. The molecule has 0 aliphatic heterocycles. The molecule has 0 bridgehead atoms. The molecule has 0 atom stereocenters. The van der Waals surface area contributed by atoms with Gasteiger partial charge in [-0.2, -0.15) is 4.98 Å². The number of rotatable bonds is 5. The molecular weight excluding hydrogens is 272 g/mol. The van der Waals surface area contributed by atoms with E-state index in [-0.39, 0.29) is 0 Å². The molecule has 6 heteroatoms. The number of nitrogens with zero attached hydrogens (tertiary/aromatic N) is 3. The van der Waals surface area contributed by atoms with E-state index in [9.17, 15) is 5.11 Å². The minimum absolute atomic E-state index is 0.535. The quantitative estimate of drug-likeness (QED) is 0.887. The number of anilines is 2. The fourth-order valence-electron chi connectivity index (χ4n) is 2.18. The molecule has 2 aromatic heterocycles. The minimum atomic E-state index is -0.766. The van der Waals surface area contributed by atoms with Crippen LogP contribution in [0.1, 0.15) is 25.6 Å². The van der Waals surface area contributed by atoms with Crippen LogP contribution in [0.15, 0.2) is 6.07 Å². The van der Waals surface area contributed by atoms with Gasteiger partial charge in [-0.25, -0.2) is 4.98 Å². The number of hydrogen-bond acceptors (Lipinski definition) is 6.